The van der Waals surface area contributed by atoms with Crippen LogP contribution in [0.1, 0.15) is 22.6 Å². The zero-order chi connectivity index (χ0) is 21.8. The molecule has 4 nitrogen and oxygen atoms in total. The van der Waals surface area contributed by atoms with Crippen molar-refractivity contribution in [3.05, 3.63) is 86.3 Å². The van der Waals surface area contributed by atoms with E-state index in [1.54, 1.807) is 0 Å². The summed E-state index contributed by atoms with van der Waals surface area (Å²) in [5.74, 6) is 1.13. The number of ether oxygens (including phenoxy) is 2. The Morgan fingerprint density at radius 2 is 1.55 bits per heavy atom. The first-order valence-corrected chi connectivity index (χ1v) is 12.0. The van der Waals surface area contributed by atoms with Crippen molar-refractivity contribution in [3.63, 3.8) is 0 Å². The maximum atomic E-state index is 12.2. The molecule has 1 aliphatic rings. The lowest BCUT2D eigenvalue weighted by Crippen LogP contribution is -2.30. The van der Waals surface area contributed by atoms with Crippen molar-refractivity contribution in [2.45, 2.75) is 11.8 Å². The second-order valence-electron chi connectivity index (χ2n) is 7.12. The third kappa shape index (κ3) is 4.92. The fraction of sp³-hybridized carbons (Fsp3) is 0.208. The molecule has 1 aliphatic carbocycles. The molecule has 160 valence electrons. The van der Waals surface area contributed by atoms with Crippen molar-refractivity contribution in [2.24, 2.45) is 0 Å². The molecule has 31 heavy (non-hydrogen) atoms. The number of hydrogen-bond acceptors (Lipinski definition) is 3. The van der Waals surface area contributed by atoms with Gasteiger partial charge in [-0.25, -0.2) is 4.79 Å². The number of amides is 1. The summed E-state index contributed by atoms with van der Waals surface area (Å²) in [4.78, 5) is 12.2. The Bertz CT molecular complexity index is 1040. The van der Waals surface area contributed by atoms with Crippen molar-refractivity contribution in [1.82, 2.24) is 5.32 Å². The quantitative estimate of drug-likeness (QED) is 0.251. The molecule has 0 spiro atoms. The number of carbonyl (C=O) groups is 1. The maximum Gasteiger partial charge on any atom is 0.407 e. The lowest BCUT2D eigenvalue weighted by Gasteiger charge is -2.15. The fourth-order valence-electron chi connectivity index (χ4n) is 3.78. The molecule has 0 aromatic heterocycles. The van der Waals surface area contributed by atoms with E-state index in [1.807, 2.05) is 36.4 Å². The van der Waals surface area contributed by atoms with E-state index in [2.05, 4.69) is 61.4 Å². The van der Waals surface area contributed by atoms with Gasteiger partial charge in [0.15, 0.2) is 0 Å². The molecule has 0 unspecified atom stereocenters. The molecule has 3 aromatic carbocycles. The Labute approximate surface area is 203 Å². The average Bonchev–Trinajstić information content (AvgIpc) is 3.10. The summed E-state index contributed by atoms with van der Waals surface area (Å²) < 4.78 is 12.9. The van der Waals surface area contributed by atoms with E-state index in [9.17, 15) is 4.79 Å². The second-order valence-corrected chi connectivity index (χ2v) is 9.10. The zero-order valence-electron chi connectivity index (χ0n) is 16.5. The standard InChI is InChI=1S/C24H20Br2ClNO3/c25-21-11-15(13-27)12-22(26)23(21)30-10-9-28-24(29)31-14-20-18-7-3-1-5-16(18)17-6-2-4-8-19(17)20/h1-8,11-12,20H,9-10,13-14H2,(H,28,29). The van der Waals surface area contributed by atoms with Gasteiger partial charge in [0.25, 0.3) is 0 Å². The van der Waals surface area contributed by atoms with E-state index >= 15 is 0 Å². The van der Waals surface area contributed by atoms with E-state index < -0.39 is 6.09 Å². The van der Waals surface area contributed by atoms with Crippen LogP contribution in [0.15, 0.2) is 69.6 Å². The normalized spacial score (nSPS) is 12.2. The minimum absolute atomic E-state index is 0.0433. The fourth-order valence-corrected chi connectivity index (χ4v) is 5.45. The molecule has 0 saturated carbocycles. The summed E-state index contributed by atoms with van der Waals surface area (Å²) >= 11 is 12.8. The van der Waals surface area contributed by atoms with Crippen LogP contribution in [0.3, 0.4) is 0 Å². The monoisotopic (exact) mass is 563 g/mol. The van der Waals surface area contributed by atoms with Crippen LogP contribution in [0.5, 0.6) is 5.75 Å². The minimum atomic E-state index is -0.457. The Morgan fingerprint density at radius 1 is 0.968 bits per heavy atom. The van der Waals surface area contributed by atoms with E-state index in [0.29, 0.717) is 24.8 Å². The molecule has 4 rings (SSSR count). The van der Waals surface area contributed by atoms with Gasteiger partial charge in [0.05, 0.1) is 15.5 Å². The first kappa shape index (κ1) is 22.2. The predicted molar refractivity (Wildman–Crippen MR) is 130 cm³/mol. The third-order valence-corrected chi connectivity index (χ3v) is 6.66. The van der Waals surface area contributed by atoms with Gasteiger partial charge >= 0.3 is 6.09 Å². The van der Waals surface area contributed by atoms with Gasteiger partial charge in [-0.15, -0.1) is 11.6 Å². The summed E-state index contributed by atoms with van der Waals surface area (Å²) in [6.07, 6.45) is -0.457. The molecular formula is C24H20Br2ClNO3. The summed E-state index contributed by atoms with van der Waals surface area (Å²) in [5, 5.41) is 2.75. The Kier molecular flexibility index (Phi) is 7.20. The molecule has 0 fully saturated rings. The molecular weight excluding hydrogens is 546 g/mol. The van der Waals surface area contributed by atoms with Crippen molar-refractivity contribution in [1.29, 1.82) is 0 Å². The highest BCUT2D eigenvalue weighted by Gasteiger charge is 2.28. The van der Waals surface area contributed by atoms with E-state index in [0.717, 1.165) is 14.5 Å². The van der Waals surface area contributed by atoms with Crippen molar-refractivity contribution < 1.29 is 14.3 Å². The molecule has 0 aliphatic heterocycles. The largest absolute Gasteiger partial charge is 0.489 e. The topological polar surface area (TPSA) is 47.6 Å². The van der Waals surface area contributed by atoms with Gasteiger partial charge in [-0.1, -0.05) is 48.5 Å². The van der Waals surface area contributed by atoms with Crippen LogP contribution in [0.25, 0.3) is 11.1 Å². The highest BCUT2D eigenvalue weighted by atomic mass is 79.9. The highest BCUT2D eigenvalue weighted by molar-refractivity contribution is 9.11. The first-order valence-electron chi connectivity index (χ1n) is 9.84. The molecule has 1 N–H and O–H groups in total. The SMILES string of the molecule is O=C(NCCOc1c(Br)cc(CCl)cc1Br)OCC1c2ccccc2-c2ccccc21. The molecule has 0 heterocycles. The van der Waals surface area contributed by atoms with Crippen LogP contribution < -0.4 is 10.1 Å². The van der Waals surface area contributed by atoms with Crippen molar-refractivity contribution in [2.75, 3.05) is 19.8 Å². The van der Waals surface area contributed by atoms with Crippen molar-refractivity contribution in [3.8, 4) is 16.9 Å². The number of halogens is 3. The molecule has 1 amide bonds. The van der Waals surface area contributed by atoms with Crippen LogP contribution in [0, 0.1) is 0 Å². The summed E-state index contributed by atoms with van der Waals surface area (Å²) in [5.41, 5.74) is 5.77. The Balaban J connectivity index is 1.29. The van der Waals surface area contributed by atoms with Crippen LogP contribution in [-0.4, -0.2) is 25.9 Å². The number of alkyl carbamates (subject to hydrolysis) is 1. The number of rotatable bonds is 7. The number of fused-ring (bicyclic) bond motifs is 3. The lowest BCUT2D eigenvalue weighted by atomic mass is 9.98. The smallest absolute Gasteiger partial charge is 0.407 e. The Hall–Kier alpha value is -2.02. The van der Waals surface area contributed by atoms with Crippen LogP contribution in [0.2, 0.25) is 0 Å². The van der Waals surface area contributed by atoms with E-state index in [1.165, 1.54) is 22.3 Å². The van der Waals surface area contributed by atoms with Gasteiger partial charge in [-0.05, 0) is 71.8 Å². The van der Waals surface area contributed by atoms with Gasteiger partial charge in [-0.3, -0.25) is 0 Å². The van der Waals surface area contributed by atoms with Gasteiger partial charge < -0.3 is 14.8 Å². The van der Waals surface area contributed by atoms with Gasteiger partial charge in [-0.2, -0.15) is 0 Å². The van der Waals surface area contributed by atoms with E-state index in [-0.39, 0.29) is 12.5 Å². The Morgan fingerprint density at radius 3 is 2.13 bits per heavy atom. The lowest BCUT2D eigenvalue weighted by molar-refractivity contribution is 0.141. The molecule has 0 radical (unpaired) electrons. The molecule has 0 bridgehead atoms. The maximum absolute atomic E-state index is 12.2. The minimum Gasteiger partial charge on any atom is -0.489 e. The highest BCUT2D eigenvalue weighted by Crippen LogP contribution is 2.44. The summed E-state index contributed by atoms with van der Waals surface area (Å²) in [7, 11) is 0. The van der Waals surface area contributed by atoms with Gasteiger partial charge in [0, 0.05) is 11.8 Å². The van der Waals surface area contributed by atoms with Gasteiger partial charge in [0.2, 0.25) is 0 Å². The predicted octanol–water partition coefficient (Wildman–Crippen LogP) is 6.87. The zero-order valence-corrected chi connectivity index (χ0v) is 20.5. The number of nitrogens with one attached hydrogen (secondary N) is 1. The third-order valence-electron chi connectivity index (χ3n) is 5.17. The van der Waals surface area contributed by atoms with Gasteiger partial charge in [0.1, 0.15) is 19.0 Å². The number of benzene rings is 3. The molecule has 0 atom stereocenters. The van der Waals surface area contributed by atoms with E-state index in [4.69, 9.17) is 21.1 Å². The number of carbonyl (C=O) groups excluding carboxylic acids is 1. The molecule has 0 saturated heterocycles. The van der Waals surface area contributed by atoms with Crippen molar-refractivity contribution >= 4 is 49.6 Å². The summed E-state index contributed by atoms with van der Waals surface area (Å²) in [6, 6.07) is 20.3. The molecule has 7 heteroatoms. The number of hydrogen-bond donors (Lipinski definition) is 1. The van der Waals surface area contributed by atoms with Crippen LogP contribution in [-0.2, 0) is 10.6 Å². The molecule has 3 aromatic rings. The van der Waals surface area contributed by atoms with Crippen LogP contribution >= 0.6 is 43.5 Å². The first-order chi connectivity index (χ1) is 15.1. The van der Waals surface area contributed by atoms with Crippen LogP contribution in [0.4, 0.5) is 4.79 Å². The second kappa shape index (κ2) is 10.1. The summed E-state index contributed by atoms with van der Waals surface area (Å²) in [6.45, 7) is 0.923. The number of alkyl halides is 1. The average molecular weight is 566 g/mol.